The van der Waals surface area contributed by atoms with Crippen LogP contribution in [0, 0.1) is 6.92 Å². The maximum atomic E-state index is 5.95. The molecule has 2 heterocycles. The number of rotatable bonds is 9. The van der Waals surface area contributed by atoms with E-state index in [1.54, 1.807) is 13.4 Å². The number of benzene rings is 1. The van der Waals surface area contributed by atoms with Crippen LogP contribution < -0.4 is 5.32 Å². The van der Waals surface area contributed by atoms with Gasteiger partial charge in [-0.3, -0.25) is 4.99 Å². The fourth-order valence-electron chi connectivity index (χ4n) is 3.57. The van der Waals surface area contributed by atoms with E-state index in [1.807, 2.05) is 19.2 Å². The average molecular weight is 542 g/mol. The van der Waals surface area contributed by atoms with Crippen LogP contribution in [-0.4, -0.2) is 69.0 Å². The van der Waals surface area contributed by atoms with Crippen LogP contribution in [0.15, 0.2) is 39.9 Å². The summed E-state index contributed by atoms with van der Waals surface area (Å²) in [7, 11) is 3.56. The van der Waals surface area contributed by atoms with Crippen molar-refractivity contribution in [2.24, 2.45) is 4.99 Å². The molecule has 1 aliphatic rings. The number of hydrogen-bond donors (Lipinski definition) is 1. The van der Waals surface area contributed by atoms with E-state index in [2.05, 4.69) is 39.2 Å². The fourth-order valence-corrected chi connectivity index (χ4v) is 3.57. The fraction of sp³-hybridized carbons (Fsp3) is 0.565. The van der Waals surface area contributed by atoms with Crippen LogP contribution in [0.1, 0.15) is 30.5 Å². The lowest BCUT2D eigenvalue weighted by molar-refractivity contribution is 0.00991. The molecular formula is C23H35IN4O3. The number of ether oxygens (including phenoxy) is 2. The molecule has 7 nitrogen and oxygen atoms in total. The molecule has 3 rings (SSSR count). The second-order valence-corrected chi connectivity index (χ2v) is 7.64. The van der Waals surface area contributed by atoms with Crippen LogP contribution in [0.2, 0.25) is 0 Å². The molecule has 1 aromatic carbocycles. The zero-order chi connectivity index (χ0) is 21.2. The van der Waals surface area contributed by atoms with E-state index >= 15 is 0 Å². The first-order chi connectivity index (χ1) is 14.7. The first kappa shape index (κ1) is 25.6. The Morgan fingerprint density at radius 2 is 1.97 bits per heavy atom. The maximum absolute atomic E-state index is 5.95. The standard InChI is InChI=1S/C23H34N4O3.HI/c1-18-5-7-19(8-6-18)22-26-20(17-30-22)9-12-25-23(24-2)27-13-10-21(11-14-27)29-16-4-15-28-3;/h5-8,17,21H,4,9-16H2,1-3H3,(H,24,25);1H. The number of methoxy groups -OCH3 is 1. The van der Waals surface area contributed by atoms with E-state index in [4.69, 9.17) is 13.9 Å². The number of likely N-dealkylation sites (tertiary alicyclic amines) is 1. The zero-order valence-electron chi connectivity index (χ0n) is 18.8. The number of nitrogens with zero attached hydrogens (tertiary/aromatic N) is 3. The first-order valence-electron chi connectivity index (χ1n) is 10.8. The van der Waals surface area contributed by atoms with Gasteiger partial charge in [-0.25, -0.2) is 4.98 Å². The lowest BCUT2D eigenvalue weighted by Gasteiger charge is -2.34. The number of guanidine groups is 1. The number of nitrogens with one attached hydrogen (secondary N) is 1. The molecule has 0 atom stereocenters. The topological polar surface area (TPSA) is 72.1 Å². The van der Waals surface area contributed by atoms with Gasteiger partial charge in [0.15, 0.2) is 5.96 Å². The van der Waals surface area contributed by atoms with Gasteiger partial charge in [0.1, 0.15) is 6.26 Å². The molecular weight excluding hydrogens is 507 g/mol. The summed E-state index contributed by atoms with van der Waals surface area (Å²) in [4.78, 5) is 11.4. The highest BCUT2D eigenvalue weighted by Gasteiger charge is 2.21. The van der Waals surface area contributed by atoms with E-state index in [9.17, 15) is 0 Å². The summed E-state index contributed by atoms with van der Waals surface area (Å²) in [5, 5.41) is 3.46. The monoisotopic (exact) mass is 542 g/mol. The summed E-state index contributed by atoms with van der Waals surface area (Å²) in [6.45, 7) is 6.27. The molecule has 0 radical (unpaired) electrons. The predicted octanol–water partition coefficient (Wildman–Crippen LogP) is 3.90. The molecule has 0 bridgehead atoms. The van der Waals surface area contributed by atoms with E-state index < -0.39 is 0 Å². The van der Waals surface area contributed by atoms with Crippen LogP contribution in [-0.2, 0) is 15.9 Å². The van der Waals surface area contributed by atoms with Crippen LogP contribution in [0.25, 0.3) is 11.5 Å². The number of hydrogen-bond acceptors (Lipinski definition) is 5. The summed E-state index contributed by atoms with van der Waals surface area (Å²) >= 11 is 0. The van der Waals surface area contributed by atoms with Crippen LogP contribution >= 0.6 is 24.0 Å². The molecule has 0 aliphatic carbocycles. The van der Waals surface area contributed by atoms with Gasteiger partial charge in [0, 0.05) is 59.0 Å². The van der Waals surface area contributed by atoms with Crippen molar-refractivity contribution in [3.05, 3.63) is 41.8 Å². The molecule has 0 unspecified atom stereocenters. The number of aromatic nitrogens is 1. The summed E-state index contributed by atoms with van der Waals surface area (Å²) < 4.78 is 16.7. The van der Waals surface area contributed by atoms with Crippen molar-refractivity contribution in [2.45, 2.75) is 38.7 Å². The Bertz CT molecular complexity index is 786. The van der Waals surface area contributed by atoms with Gasteiger partial charge < -0.3 is 24.1 Å². The van der Waals surface area contributed by atoms with Crippen LogP contribution in [0.3, 0.4) is 0 Å². The third kappa shape index (κ3) is 8.08. The second kappa shape index (κ2) is 13.7. The number of aryl methyl sites for hydroxylation is 1. The Morgan fingerprint density at radius 1 is 1.23 bits per heavy atom. The summed E-state index contributed by atoms with van der Waals surface area (Å²) in [6.07, 6.45) is 5.87. The lowest BCUT2D eigenvalue weighted by atomic mass is 10.1. The Kier molecular flexibility index (Phi) is 11.3. The second-order valence-electron chi connectivity index (χ2n) is 7.64. The third-order valence-electron chi connectivity index (χ3n) is 5.31. The molecule has 2 aromatic rings. The highest BCUT2D eigenvalue weighted by atomic mass is 127. The van der Waals surface area contributed by atoms with E-state index in [1.165, 1.54) is 5.56 Å². The predicted molar refractivity (Wildman–Crippen MR) is 134 cm³/mol. The maximum Gasteiger partial charge on any atom is 0.226 e. The first-order valence-corrected chi connectivity index (χ1v) is 10.8. The van der Waals surface area contributed by atoms with Crippen molar-refractivity contribution in [1.82, 2.24) is 15.2 Å². The van der Waals surface area contributed by atoms with Gasteiger partial charge in [-0.15, -0.1) is 24.0 Å². The summed E-state index contributed by atoms with van der Waals surface area (Å²) in [6, 6.07) is 8.21. The van der Waals surface area contributed by atoms with Gasteiger partial charge in [-0.1, -0.05) is 17.7 Å². The number of halogens is 1. The minimum Gasteiger partial charge on any atom is -0.444 e. The van der Waals surface area contributed by atoms with Crippen LogP contribution in [0.4, 0.5) is 0 Å². The van der Waals surface area contributed by atoms with Gasteiger partial charge in [0.05, 0.1) is 11.8 Å². The molecule has 1 aliphatic heterocycles. The van der Waals surface area contributed by atoms with Gasteiger partial charge in [-0.05, 0) is 38.3 Å². The Labute approximate surface area is 202 Å². The molecule has 8 heteroatoms. The molecule has 172 valence electrons. The highest BCUT2D eigenvalue weighted by molar-refractivity contribution is 14.0. The molecule has 0 amide bonds. The third-order valence-corrected chi connectivity index (χ3v) is 5.31. The normalized spacial score (nSPS) is 15.1. The lowest BCUT2D eigenvalue weighted by Crippen LogP contribution is -2.47. The smallest absolute Gasteiger partial charge is 0.226 e. The molecule has 0 spiro atoms. The molecule has 1 fully saturated rings. The number of oxazole rings is 1. The van der Waals surface area contributed by atoms with Crippen molar-refractivity contribution in [1.29, 1.82) is 0 Å². The largest absolute Gasteiger partial charge is 0.444 e. The van der Waals surface area contributed by atoms with Gasteiger partial charge in [0.2, 0.25) is 5.89 Å². The summed E-state index contributed by atoms with van der Waals surface area (Å²) in [5.41, 5.74) is 3.17. The van der Waals surface area contributed by atoms with Gasteiger partial charge in [0.25, 0.3) is 0 Å². The summed E-state index contributed by atoms with van der Waals surface area (Å²) in [5.74, 6) is 1.61. The number of piperidine rings is 1. The van der Waals surface area contributed by atoms with Crippen LogP contribution in [0.5, 0.6) is 0 Å². The zero-order valence-corrected chi connectivity index (χ0v) is 21.1. The van der Waals surface area contributed by atoms with Crippen molar-refractivity contribution in [2.75, 3.05) is 47.0 Å². The Morgan fingerprint density at radius 3 is 2.65 bits per heavy atom. The minimum absolute atomic E-state index is 0. The quantitative estimate of drug-likeness (QED) is 0.224. The van der Waals surface area contributed by atoms with E-state index in [0.717, 1.165) is 75.7 Å². The van der Waals surface area contributed by atoms with Crippen molar-refractivity contribution in [3.63, 3.8) is 0 Å². The van der Waals surface area contributed by atoms with Crippen molar-refractivity contribution in [3.8, 4) is 11.5 Å². The van der Waals surface area contributed by atoms with E-state index in [0.29, 0.717) is 12.0 Å². The highest BCUT2D eigenvalue weighted by Crippen LogP contribution is 2.19. The van der Waals surface area contributed by atoms with Gasteiger partial charge in [-0.2, -0.15) is 0 Å². The molecule has 31 heavy (non-hydrogen) atoms. The number of aliphatic imine (C=N–C) groups is 1. The minimum atomic E-state index is 0. The molecule has 1 saturated heterocycles. The van der Waals surface area contributed by atoms with E-state index in [-0.39, 0.29) is 24.0 Å². The van der Waals surface area contributed by atoms with Crippen molar-refractivity contribution < 1.29 is 13.9 Å². The average Bonchev–Trinajstić information content (AvgIpc) is 3.24. The molecule has 0 saturated carbocycles. The van der Waals surface area contributed by atoms with Gasteiger partial charge >= 0.3 is 0 Å². The Balaban J connectivity index is 0.00000341. The van der Waals surface area contributed by atoms with Crippen molar-refractivity contribution >= 4 is 29.9 Å². The molecule has 1 aromatic heterocycles. The Hall–Kier alpha value is -1.65. The SMILES string of the molecule is CN=C(NCCc1coc(-c2ccc(C)cc2)n1)N1CCC(OCCCOC)CC1.I. The molecule has 1 N–H and O–H groups in total.